The van der Waals surface area contributed by atoms with Gasteiger partial charge in [0.25, 0.3) is 0 Å². The summed E-state index contributed by atoms with van der Waals surface area (Å²) in [5.74, 6) is -0.0434. The van der Waals surface area contributed by atoms with Gasteiger partial charge < -0.3 is 14.0 Å². The Morgan fingerprint density at radius 1 is 1.18 bits per heavy atom. The van der Waals surface area contributed by atoms with Gasteiger partial charge in [0.2, 0.25) is 5.43 Å². The van der Waals surface area contributed by atoms with Gasteiger partial charge >= 0.3 is 5.97 Å². The van der Waals surface area contributed by atoms with E-state index in [4.69, 9.17) is 9.47 Å². The Morgan fingerprint density at radius 3 is 2.64 bits per heavy atom. The fraction of sp³-hybridized carbons (Fsp3) is 0.286. The second kappa shape index (κ2) is 9.03. The van der Waals surface area contributed by atoms with Gasteiger partial charge in [-0.25, -0.2) is 4.79 Å². The number of aryl methyl sites for hydroxylation is 1. The van der Waals surface area contributed by atoms with Crippen LogP contribution in [0.1, 0.15) is 36.7 Å². The van der Waals surface area contributed by atoms with Crippen molar-refractivity contribution in [3.8, 4) is 11.5 Å². The summed E-state index contributed by atoms with van der Waals surface area (Å²) >= 11 is 0. The Morgan fingerprint density at radius 2 is 1.96 bits per heavy atom. The van der Waals surface area contributed by atoms with Gasteiger partial charge in [0.1, 0.15) is 11.3 Å². The third-order valence-corrected chi connectivity index (χ3v) is 4.32. The van der Waals surface area contributed by atoms with Gasteiger partial charge in [0, 0.05) is 31.2 Å². The number of benzene rings is 1. The van der Waals surface area contributed by atoms with Crippen LogP contribution in [0.2, 0.25) is 0 Å². The van der Waals surface area contributed by atoms with E-state index in [2.05, 4.69) is 5.10 Å². The third kappa shape index (κ3) is 4.68. The number of para-hydroxylation sites is 1. The topological polar surface area (TPSA) is 75.3 Å². The molecule has 7 nitrogen and oxygen atoms in total. The van der Waals surface area contributed by atoms with Crippen LogP contribution in [0.3, 0.4) is 0 Å². The molecule has 2 heterocycles. The highest BCUT2D eigenvalue weighted by Gasteiger charge is 2.19. The van der Waals surface area contributed by atoms with Crippen LogP contribution in [-0.4, -0.2) is 26.9 Å². The number of hydrogen-bond acceptors (Lipinski definition) is 5. The van der Waals surface area contributed by atoms with Crippen molar-refractivity contribution in [3.63, 3.8) is 0 Å². The van der Waals surface area contributed by atoms with E-state index >= 15 is 0 Å². The SMILES string of the molecule is CCOC(=O)c1cn(C(C)CCn2cccn2)cc(Oc2ccccc2)c1=O. The number of pyridine rings is 1. The van der Waals surface area contributed by atoms with E-state index in [0.29, 0.717) is 12.3 Å². The smallest absolute Gasteiger partial charge is 0.343 e. The second-order valence-corrected chi connectivity index (χ2v) is 6.35. The zero-order chi connectivity index (χ0) is 19.9. The molecule has 2 aromatic heterocycles. The molecule has 0 spiro atoms. The van der Waals surface area contributed by atoms with Crippen LogP contribution < -0.4 is 10.2 Å². The first-order valence-corrected chi connectivity index (χ1v) is 9.21. The zero-order valence-electron chi connectivity index (χ0n) is 15.9. The van der Waals surface area contributed by atoms with Crippen LogP contribution in [-0.2, 0) is 11.3 Å². The van der Waals surface area contributed by atoms with Crippen LogP contribution in [0, 0.1) is 0 Å². The third-order valence-electron chi connectivity index (χ3n) is 4.32. The molecular weight excluding hydrogens is 358 g/mol. The van der Waals surface area contributed by atoms with Gasteiger partial charge in [0.15, 0.2) is 5.75 Å². The Balaban J connectivity index is 1.91. The van der Waals surface area contributed by atoms with E-state index in [1.54, 1.807) is 31.5 Å². The number of aromatic nitrogens is 3. The summed E-state index contributed by atoms with van der Waals surface area (Å²) in [6.45, 7) is 4.61. The summed E-state index contributed by atoms with van der Waals surface area (Å²) in [7, 11) is 0. The van der Waals surface area contributed by atoms with Crippen molar-refractivity contribution in [2.24, 2.45) is 0 Å². The van der Waals surface area contributed by atoms with Crippen molar-refractivity contribution in [3.05, 3.63) is 77.0 Å². The number of rotatable bonds is 8. The summed E-state index contributed by atoms with van der Waals surface area (Å²) in [6.07, 6.45) is 7.55. The lowest BCUT2D eigenvalue weighted by atomic mass is 10.2. The minimum atomic E-state index is -0.654. The summed E-state index contributed by atoms with van der Waals surface area (Å²) < 4.78 is 14.5. The molecule has 0 saturated carbocycles. The normalized spacial score (nSPS) is 11.8. The highest BCUT2D eigenvalue weighted by atomic mass is 16.5. The molecule has 0 amide bonds. The van der Waals surface area contributed by atoms with E-state index in [9.17, 15) is 9.59 Å². The zero-order valence-corrected chi connectivity index (χ0v) is 15.9. The van der Waals surface area contributed by atoms with Crippen molar-refractivity contribution in [2.75, 3.05) is 6.61 Å². The Hall–Kier alpha value is -3.35. The fourth-order valence-electron chi connectivity index (χ4n) is 2.77. The van der Waals surface area contributed by atoms with E-state index in [-0.39, 0.29) is 24.0 Å². The van der Waals surface area contributed by atoms with Crippen molar-refractivity contribution < 1.29 is 14.3 Å². The van der Waals surface area contributed by atoms with Crippen LogP contribution in [0.25, 0.3) is 0 Å². The Labute approximate surface area is 163 Å². The highest BCUT2D eigenvalue weighted by Crippen LogP contribution is 2.21. The molecule has 1 atom stereocenters. The lowest BCUT2D eigenvalue weighted by molar-refractivity contribution is 0.0523. The summed E-state index contributed by atoms with van der Waals surface area (Å²) in [4.78, 5) is 25.0. The first-order valence-electron chi connectivity index (χ1n) is 9.21. The lowest BCUT2D eigenvalue weighted by Crippen LogP contribution is -2.22. The van der Waals surface area contributed by atoms with Gasteiger partial charge in [0.05, 0.1) is 12.8 Å². The maximum Gasteiger partial charge on any atom is 0.343 e. The molecule has 0 aliphatic heterocycles. The summed E-state index contributed by atoms with van der Waals surface area (Å²) in [6, 6.07) is 10.9. The minimum Gasteiger partial charge on any atom is -0.462 e. The highest BCUT2D eigenvalue weighted by molar-refractivity contribution is 5.89. The van der Waals surface area contributed by atoms with Crippen LogP contribution in [0.5, 0.6) is 11.5 Å². The predicted molar refractivity (Wildman–Crippen MR) is 105 cm³/mol. The van der Waals surface area contributed by atoms with Crippen molar-refractivity contribution >= 4 is 5.97 Å². The van der Waals surface area contributed by atoms with Crippen LogP contribution in [0.15, 0.2) is 66.0 Å². The number of nitrogens with zero attached hydrogens (tertiary/aromatic N) is 3. The molecule has 7 heteroatoms. The van der Waals surface area contributed by atoms with Crippen molar-refractivity contribution in [1.82, 2.24) is 14.3 Å². The fourth-order valence-corrected chi connectivity index (χ4v) is 2.77. The molecule has 146 valence electrons. The number of carbonyl (C=O) groups is 1. The number of carbonyl (C=O) groups excluding carboxylic acids is 1. The molecule has 28 heavy (non-hydrogen) atoms. The largest absolute Gasteiger partial charge is 0.462 e. The average molecular weight is 381 g/mol. The van der Waals surface area contributed by atoms with Crippen LogP contribution in [0.4, 0.5) is 0 Å². The van der Waals surface area contributed by atoms with Crippen molar-refractivity contribution in [2.45, 2.75) is 32.9 Å². The van der Waals surface area contributed by atoms with Gasteiger partial charge in [-0.05, 0) is 38.5 Å². The van der Waals surface area contributed by atoms with Gasteiger partial charge in [-0.2, -0.15) is 5.10 Å². The van der Waals surface area contributed by atoms with Gasteiger partial charge in [-0.3, -0.25) is 9.48 Å². The van der Waals surface area contributed by atoms with E-state index in [1.165, 1.54) is 6.20 Å². The molecule has 0 radical (unpaired) electrons. The van der Waals surface area contributed by atoms with Gasteiger partial charge in [-0.15, -0.1) is 0 Å². The van der Waals surface area contributed by atoms with Crippen molar-refractivity contribution in [1.29, 1.82) is 0 Å². The number of esters is 1. The number of hydrogen-bond donors (Lipinski definition) is 0. The number of ether oxygens (including phenoxy) is 2. The average Bonchev–Trinajstić information content (AvgIpc) is 3.22. The van der Waals surface area contributed by atoms with E-state index in [1.807, 2.05) is 46.6 Å². The molecule has 1 aromatic carbocycles. The Kier molecular flexibility index (Phi) is 6.26. The molecule has 0 fully saturated rings. The Bertz CT molecular complexity index is 965. The molecule has 0 aliphatic rings. The van der Waals surface area contributed by atoms with Crippen LogP contribution >= 0.6 is 0 Å². The summed E-state index contributed by atoms with van der Waals surface area (Å²) in [5, 5.41) is 4.20. The van der Waals surface area contributed by atoms with E-state index in [0.717, 1.165) is 6.42 Å². The standard InChI is InChI=1S/C21H23N3O4/c1-3-27-21(26)18-14-23(16(2)10-13-24-12-7-11-22-24)15-19(20(18)25)28-17-8-5-4-6-9-17/h4-9,11-12,14-16H,3,10,13H2,1-2H3. The minimum absolute atomic E-state index is 0.0103. The maximum atomic E-state index is 12.8. The molecule has 3 rings (SSSR count). The molecule has 3 aromatic rings. The maximum absolute atomic E-state index is 12.8. The van der Waals surface area contributed by atoms with Gasteiger partial charge in [-0.1, -0.05) is 18.2 Å². The second-order valence-electron chi connectivity index (χ2n) is 6.35. The quantitative estimate of drug-likeness (QED) is 0.557. The first kappa shape index (κ1) is 19.4. The molecular formula is C21H23N3O4. The molecule has 0 saturated heterocycles. The molecule has 1 unspecified atom stereocenters. The molecule has 0 N–H and O–H groups in total. The first-order chi connectivity index (χ1) is 13.6. The van der Waals surface area contributed by atoms with E-state index < -0.39 is 11.4 Å². The lowest BCUT2D eigenvalue weighted by Gasteiger charge is -2.18. The molecule has 0 bridgehead atoms. The monoisotopic (exact) mass is 381 g/mol. The molecule has 0 aliphatic carbocycles. The predicted octanol–water partition coefficient (Wildman–Crippen LogP) is 3.67. The summed E-state index contributed by atoms with van der Waals surface area (Å²) in [5.41, 5.74) is -0.529.